The summed E-state index contributed by atoms with van der Waals surface area (Å²) >= 11 is 1.57. The molecule has 1 aliphatic carbocycles. The summed E-state index contributed by atoms with van der Waals surface area (Å²) < 4.78 is 5.78. The Morgan fingerprint density at radius 1 is 1.24 bits per heavy atom. The number of rotatable bonds is 2. The van der Waals surface area contributed by atoms with Crippen LogP contribution >= 0.6 is 11.3 Å². The van der Waals surface area contributed by atoms with Gasteiger partial charge in [0.1, 0.15) is 11.9 Å². The summed E-state index contributed by atoms with van der Waals surface area (Å²) in [6.07, 6.45) is 7.70. The van der Waals surface area contributed by atoms with E-state index in [4.69, 9.17) is 4.74 Å². The van der Waals surface area contributed by atoms with E-state index in [0.29, 0.717) is 19.3 Å². The maximum atomic E-state index is 13.2. The molecule has 5 atom stereocenters. The second-order valence-corrected chi connectivity index (χ2v) is 10.9. The summed E-state index contributed by atoms with van der Waals surface area (Å²) in [5, 5.41) is 24.5. The van der Waals surface area contributed by atoms with Gasteiger partial charge in [0.15, 0.2) is 0 Å². The first-order valence-corrected chi connectivity index (χ1v) is 12.9. The molecule has 33 heavy (non-hydrogen) atoms. The van der Waals surface area contributed by atoms with Crippen molar-refractivity contribution in [1.29, 1.82) is 0 Å². The number of aliphatic hydroxyl groups is 2. The number of ether oxygens (including phenoxy) is 1. The van der Waals surface area contributed by atoms with Crippen LogP contribution in [0.1, 0.15) is 76.4 Å². The number of aryl methyl sites for hydroxylation is 1. The minimum Gasteiger partial charge on any atom is -0.457 e. The van der Waals surface area contributed by atoms with E-state index in [2.05, 4.69) is 11.1 Å². The third-order valence-corrected chi connectivity index (χ3v) is 7.92. The molecule has 1 fully saturated rings. The molecule has 1 saturated carbocycles. The van der Waals surface area contributed by atoms with Gasteiger partial charge in [-0.25, -0.2) is 4.98 Å². The molecule has 182 valence electrons. The van der Waals surface area contributed by atoms with Gasteiger partial charge in [-0.05, 0) is 63.5 Å². The van der Waals surface area contributed by atoms with Gasteiger partial charge >= 0.3 is 5.97 Å². The summed E-state index contributed by atoms with van der Waals surface area (Å²) in [5.41, 5.74) is 0.789. The molecule has 1 aromatic heterocycles. The summed E-state index contributed by atoms with van der Waals surface area (Å²) in [4.78, 5) is 30.4. The predicted molar refractivity (Wildman–Crippen MR) is 130 cm³/mol. The first kappa shape index (κ1) is 25.8. The number of thiazole rings is 1. The van der Waals surface area contributed by atoms with Crippen LogP contribution in [0.25, 0.3) is 6.08 Å². The van der Waals surface area contributed by atoms with Crippen LogP contribution in [0.3, 0.4) is 0 Å². The number of Topliss-reactive ketones (excluding diaryl/α,β-unsaturated/α-hetero) is 1. The molecule has 2 heterocycles. The second-order valence-electron chi connectivity index (χ2n) is 9.79. The van der Waals surface area contributed by atoms with E-state index in [9.17, 15) is 19.8 Å². The number of aromatic nitrogens is 1. The fraction of sp³-hybridized carbons (Fsp3) is 0.654. The third-order valence-electron chi connectivity index (χ3n) is 7.13. The lowest BCUT2D eigenvalue weighted by molar-refractivity contribution is -0.152. The van der Waals surface area contributed by atoms with Crippen LogP contribution in [0.2, 0.25) is 0 Å². The fourth-order valence-corrected chi connectivity index (χ4v) is 5.28. The van der Waals surface area contributed by atoms with Crippen LogP contribution in [0.15, 0.2) is 23.1 Å². The van der Waals surface area contributed by atoms with Gasteiger partial charge in [-0.3, -0.25) is 9.59 Å². The topological polar surface area (TPSA) is 96.7 Å². The number of esters is 1. The first-order chi connectivity index (χ1) is 15.6. The second kappa shape index (κ2) is 11.1. The average Bonchev–Trinajstić information content (AvgIpc) is 3.49. The van der Waals surface area contributed by atoms with Crippen molar-refractivity contribution in [2.24, 2.45) is 17.3 Å². The number of carbonyl (C=O) groups is 2. The van der Waals surface area contributed by atoms with Gasteiger partial charge in [0.2, 0.25) is 0 Å². The van der Waals surface area contributed by atoms with Gasteiger partial charge in [0, 0.05) is 17.7 Å². The Bertz CT molecular complexity index is 900. The zero-order valence-corrected chi connectivity index (χ0v) is 20.9. The summed E-state index contributed by atoms with van der Waals surface area (Å²) in [7, 11) is 0. The quantitative estimate of drug-likeness (QED) is 0.478. The number of ketones is 1. The smallest absolute Gasteiger partial charge is 0.309 e. The van der Waals surface area contributed by atoms with Crippen molar-refractivity contribution in [3.63, 3.8) is 0 Å². The van der Waals surface area contributed by atoms with E-state index in [0.717, 1.165) is 35.5 Å². The highest BCUT2D eigenvalue weighted by Gasteiger charge is 2.57. The van der Waals surface area contributed by atoms with Gasteiger partial charge in [0.25, 0.3) is 0 Å². The number of carbonyl (C=O) groups excluding carboxylic acids is 2. The Labute approximate surface area is 200 Å². The average molecular weight is 476 g/mol. The van der Waals surface area contributed by atoms with Gasteiger partial charge < -0.3 is 14.9 Å². The minimum absolute atomic E-state index is 0.0114. The molecule has 0 saturated heterocycles. The molecule has 0 aromatic carbocycles. The summed E-state index contributed by atoms with van der Waals surface area (Å²) in [6, 6.07) is 0. The third kappa shape index (κ3) is 6.40. The number of allylic oxidation sites excluding steroid dienone is 1. The van der Waals surface area contributed by atoms with E-state index in [-0.39, 0.29) is 18.1 Å². The molecule has 2 aliphatic rings. The highest BCUT2D eigenvalue weighted by atomic mass is 32.1. The lowest BCUT2D eigenvalue weighted by Crippen LogP contribution is -2.41. The van der Waals surface area contributed by atoms with Crippen LogP contribution in [0.5, 0.6) is 0 Å². The van der Waals surface area contributed by atoms with Crippen LogP contribution in [0, 0.1) is 24.2 Å². The first-order valence-electron chi connectivity index (χ1n) is 12.0. The van der Waals surface area contributed by atoms with Crippen molar-refractivity contribution in [1.82, 2.24) is 4.98 Å². The van der Waals surface area contributed by atoms with E-state index in [1.165, 1.54) is 0 Å². The Morgan fingerprint density at radius 2 is 1.97 bits per heavy atom. The van der Waals surface area contributed by atoms with Crippen LogP contribution in [-0.4, -0.2) is 45.3 Å². The van der Waals surface area contributed by atoms with Crippen molar-refractivity contribution in [3.8, 4) is 0 Å². The molecule has 7 heteroatoms. The zero-order chi connectivity index (χ0) is 24.2. The summed E-state index contributed by atoms with van der Waals surface area (Å²) in [5.74, 6) is -1.24. The van der Waals surface area contributed by atoms with E-state index in [1.54, 1.807) is 18.3 Å². The highest BCUT2D eigenvalue weighted by Crippen LogP contribution is 2.52. The standard InChI is InChI=1S/C26H37NO5S/c1-16-9-7-5-6-8-10-21(17(2)13-20-15-33-19(4)27-20)32-23(29)14-22(28)26(11-12-26)25(31)18(3)24(16)30/h6,8,13,15-16,18,21-22,24,28,30H,5,7,9-12,14H2,1-4H3/b8-6-,17-13+/t16-,18-,21+,22+,24+/m1/s1. The molecule has 0 amide bonds. The van der Waals surface area contributed by atoms with Crippen molar-refractivity contribution in [2.45, 2.75) is 91.0 Å². The fourth-order valence-electron chi connectivity index (χ4n) is 4.71. The van der Waals surface area contributed by atoms with E-state index in [1.807, 2.05) is 38.3 Å². The highest BCUT2D eigenvalue weighted by molar-refractivity contribution is 7.09. The van der Waals surface area contributed by atoms with Crippen molar-refractivity contribution in [2.75, 3.05) is 0 Å². The van der Waals surface area contributed by atoms with Crippen molar-refractivity contribution >= 4 is 29.2 Å². The van der Waals surface area contributed by atoms with E-state index >= 15 is 0 Å². The van der Waals surface area contributed by atoms with Gasteiger partial charge in [0.05, 0.1) is 34.7 Å². The Hall–Kier alpha value is -1.83. The molecule has 1 aromatic rings. The predicted octanol–water partition coefficient (Wildman–Crippen LogP) is 4.63. The Kier molecular flexibility index (Phi) is 8.65. The SMILES string of the molecule is C/C(=C\c1csc(C)n1)[C@@H]1C/C=C\CCC[C@@H](C)[C@H](O)[C@@H](C)C(=O)C2(CC2)[C@@H](O)CC(=O)O1. The number of hydrogen-bond acceptors (Lipinski definition) is 7. The van der Waals surface area contributed by atoms with Crippen LogP contribution in [0.4, 0.5) is 0 Å². The normalized spacial score (nSPS) is 33.0. The van der Waals surface area contributed by atoms with Crippen LogP contribution in [-0.2, 0) is 14.3 Å². The number of aliphatic hydroxyl groups excluding tert-OH is 2. The molecular formula is C26H37NO5S. The lowest BCUT2D eigenvalue weighted by Gasteiger charge is -2.29. The monoisotopic (exact) mass is 475 g/mol. The Balaban J connectivity index is 1.80. The molecular weight excluding hydrogens is 438 g/mol. The van der Waals surface area contributed by atoms with Crippen LogP contribution < -0.4 is 0 Å². The summed E-state index contributed by atoms with van der Waals surface area (Å²) in [6.45, 7) is 7.58. The maximum absolute atomic E-state index is 13.2. The molecule has 0 bridgehead atoms. The molecule has 0 radical (unpaired) electrons. The number of hydrogen-bond donors (Lipinski definition) is 2. The number of cyclic esters (lactones) is 1. The minimum atomic E-state index is -1.10. The molecule has 0 unspecified atom stereocenters. The molecule has 1 spiro atoms. The van der Waals surface area contributed by atoms with E-state index < -0.39 is 35.6 Å². The lowest BCUT2D eigenvalue weighted by atomic mass is 9.79. The van der Waals surface area contributed by atoms with Gasteiger partial charge in [-0.1, -0.05) is 26.0 Å². The molecule has 1 aliphatic heterocycles. The molecule has 2 N–H and O–H groups in total. The van der Waals surface area contributed by atoms with Gasteiger partial charge in [-0.2, -0.15) is 0 Å². The molecule has 6 nitrogen and oxygen atoms in total. The number of nitrogens with zero attached hydrogens (tertiary/aromatic N) is 1. The van der Waals surface area contributed by atoms with Crippen molar-refractivity contribution in [3.05, 3.63) is 33.8 Å². The maximum Gasteiger partial charge on any atom is 0.309 e. The molecule has 3 rings (SSSR count). The van der Waals surface area contributed by atoms with Gasteiger partial charge in [-0.15, -0.1) is 11.3 Å². The Morgan fingerprint density at radius 3 is 2.61 bits per heavy atom. The zero-order valence-electron chi connectivity index (χ0n) is 20.1. The van der Waals surface area contributed by atoms with Crippen molar-refractivity contribution < 1.29 is 24.5 Å². The largest absolute Gasteiger partial charge is 0.457 e.